The zero-order chi connectivity index (χ0) is 27.6. The second-order valence-corrected chi connectivity index (χ2v) is 16.4. The summed E-state index contributed by atoms with van der Waals surface area (Å²) in [6.07, 6.45) is 12.8. The molecule has 0 aromatic rings. The Morgan fingerprint density at radius 2 is 1.75 bits per heavy atom. The summed E-state index contributed by atoms with van der Waals surface area (Å²) in [6, 6.07) is -0.535. The van der Waals surface area contributed by atoms with Gasteiger partial charge in [-0.1, -0.05) is 13.3 Å². The molecule has 2 amide bonds. The van der Waals surface area contributed by atoms with E-state index in [0.717, 1.165) is 50.5 Å². The van der Waals surface area contributed by atoms with Crippen molar-refractivity contribution in [3.8, 4) is 0 Å². The number of nitrogens with zero attached hydrogens (tertiary/aromatic N) is 1. The molecule has 1 N–H and O–H groups in total. The van der Waals surface area contributed by atoms with E-state index < -0.39 is 17.7 Å². The molecule has 2 aliphatic heterocycles. The van der Waals surface area contributed by atoms with Gasteiger partial charge in [0.25, 0.3) is 0 Å². The summed E-state index contributed by atoms with van der Waals surface area (Å²) >= 11 is 0. The van der Waals surface area contributed by atoms with Crippen LogP contribution in [0.5, 0.6) is 0 Å². The second kappa shape index (κ2) is 8.87. The van der Waals surface area contributed by atoms with Crippen molar-refractivity contribution in [3.05, 3.63) is 0 Å². The fraction of sp³-hybridized carbons (Fsp3) is 0.938. The predicted octanol–water partition coefficient (Wildman–Crippen LogP) is 5.21. The third-order valence-electron chi connectivity index (χ3n) is 13.3. The lowest BCUT2D eigenvalue weighted by Crippen LogP contribution is -2.82. The first-order chi connectivity index (χ1) is 19.1. The van der Waals surface area contributed by atoms with Gasteiger partial charge in [-0.3, -0.25) is 4.79 Å². The Labute approximate surface area is 240 Å². The van der Waals surface area contributed by atoms with Crippen LogP contribution >= 0.6 is 0 Å². The molecule has 40 heavy (non-hydrogen) atoms. The first kappa shape index (κ1) is 26.4. The smallest absolute Gasteiger partial charge is 0.444 e. The van der Waals surface area contributed by atoms with Gasteiger partial charge < -0.3 is 24.3 Å². The summed E-state index contributed by atoms with van der Waals surface area (Å²) in [5.41, 5.74) is -0.250. The van der Waals surface area contributed by atoms with E-state index in [4.69, 9.17) is 14.0 Å². The molecule has 7 nitrogen and oxygen atoms in total. The minimum atomic E-state index is -0.604. The van der Waals surface area contributed by atoms with E-state index in [2.05, 4.69) is 12.2 Å². The van der Waals surface area contributed by atoms with Crippen molar-refractivity contribution in [3.63, 3.8) is 0 Å². The van der Waals surface area contributed by atoms with Gasteiger partial charge >= 0.3 is 13.2 Å². The molecule has 9 rings (SSSR count). The number of carbonyl (C=O) groups excluding carboxylic acids is 2. The number of carbonyl (C=O) groups is 2. The van der Waals surface area contributed by atoms with Gasteiger partial charge in [-0.05, 0) is 126 Å². The van der Waals surface area contributed by atoms with Gasteiger partial charge in [-0.15, -0.1) is 0 Å². The van der Waals surface area contributed by atoms with Crippen molar-refractivity contribution in [2.24, 2.45) is 52.3 Å². The summed E-state index contributed by atoms with van der Waals surface area (Å²) < 4.78 is 19.0. The molecule has 7 saturated carbocycles. The van der Waals surface area contributed by atoms with Crippen LogP contribution in [-0.2, 0) is 18.8 Å². The van der Waals surface area contributed by atoms with Crippen molar-refractivity contribution in [1.29, 1.82) is 0 Å². The highest BCUT2D eigenvalue weighted by atomic mass is 16.6. The maximum Gasteiger partial charge on any atom is 0.481 e. The van der Waals surface area contributed by atoms with E-state index in [1.165, 1.54) is 38.5 Å². The number of fused-ring (bicyclic) bond motifs is 2. The minimum absolute atomic E-state index is 0.0684. The Morgan fingerprint density at radius 3 is 2.38 bits per heavy atom. The van der Waals surface area contributed by atoms with Gasteiger partial charge in [0.2, 0.25) is 5.91 Å². The van der Waals surface area contributed by atoms with Gasteiger partial charge in [0.15, 0.2) is 0 Å². The molecule has 8 atom stereocenters. The van der Waals surface area contributed by atoms with Crippen LogP contribution in [0, 0.1) is 52.3 Å². The molecule has 0 aromatic heterocycles. The average molecular weight is 553 g/mol. The Balaban J connectivity index is 1.02. The van der Waals surface area contributed by atoms with Gasteiger partial charge in [0.1, 0.15) is 11.6 Å². The van der Waals surface area contributed by atoms with Crippen LogP contribution in [0.25, 0.3) is 0 Å². The van der Waals surface area contributed by atoms with Crippen molar-refractivity contribution in [2.45, 2.75) is 122 Å². The van der Waals surface area contributed by atoms with Crippen LogP contribution in [-0.4, -0.2) is 60.9 Å². The van der Waals surface area contributed by atoms with Crippen LogP contribution in [0.4, 0.5) is 4.79 Å². The molecule has 5 unspecified atom stereocenters. The van der Waals surface area contributed by atoms with E-state index in [0.29, 0.717) is 47.7 Å². The second-order valence-electron chi connectivity index (χ2n) is 16.4. The van der Waals surface area contributed by atoms with Crippen LogP contribution in [0.1, 0.15) is 98.3 Å². The molecule has 2 saturated heterocycles. The molecule has 7 aliphatic carbocycles. The third kappa shape index (κ3) is 3.62. The molecule has 220 valence electrons. The standard InChI is InChI=1S/C32H49BN2O5/c1-5-21-12-22-13-23-26-24(32(21,22)23)17-38-33(40-26)25-7-6-8-35(25)28(36)27(34-29(37)39-30(2,3)4)31-14-18-9-19(15-31)11-20(10-18)16-31/h18-27H,5-17H2,1-4H3,(H,34,37)/t18?,19?,20?,21?,22?,23?,24?,25-,26+,27+,31?,32?/m0/s1. The van der Waals surface area contributed by atoms with Crippen LogP contribution < -0.4 is 5.32 Å². The zero-order valence-electron chi connectivity index (χ0n) is 25.0. The Bertz CT molecular complexity index is 1040. The summed E-state index contributed by atoms with van der Waals surface area (Å²) in [7, 11) is -0.345. The summed E-state index contributed by atoms with van der Waals surface area (Å²) in [5.74, 6) is 5.07. The molecule has 0 radical (unpaired) electrons. The van der Waals surface area contributed by atoms with E-state index in [1.807, 2.05) is 25.7 Å². The molecule has 1 spiro atoms. The fourth-order valence-electron chi connectivity index (χ4n) is 12.4. The van der Waals surface area contributed by atoms with E-state index in [9.17, 15) is 9.59 Å². The number of nitrogens with one attached hydrogen (secondary N) is 1. The van der Waals surface area contributed by atoms with Gasteiger partial charge in [0.05, 0.1) is 12.0 Å². The number of rotatable bonds is 5. The Kier molecular flexibility index (Phi) is 5.85. The first-order valence-corrected chi connectivity index (χ1v) is 16.7. The molecule has 8 heteroatoms. The average Bonchev–Trinajstić information content (AvgIpc) is 3.35. The molecule has 9 fully saturated rings. The van der Waals surface area contributed by atoms with E-state index in [1.54, 1.807) is 0 Å². The lowest BCUT2D eigenvalue weighted by molar-refractivity contribution is -0.367. The maximum absolute atomic E-state index is 14.6. The zero-order valence-corrected chi connectivity index (χ0v) is 25.0. The summed E-state index contributed by atoms with van der Waals surface area (Å²) in [4.78, 5) is 29.9. The van der Waals surface area contributed by atoms with Crippen LogP contribution in [0.2, 0.25) is 0 Å². The minimum Gasteiger partial charge on any atom is -0.444 e. The topological polar surface area (TPSA) is 77.1 Å². The van der Waals surface area contributed by atoms with Gasteiger partial charge in [-0.25, -0.2) is 4.79 Å². The highest BCUT2D eigenvalue weighted by Crippen LogP contribution is 2.81. The number of hydrogen-bond acceptors (Lipinski definition) is 5. The van der Waals surface area contributed by atoms with Crippen molar-refractivity contribution in [1.82, 2.24) is 10.2 Å². The monoisotopic (exact) mass is 552 g/mol. The Morgan fingerprint density at radius 1 is 1.05 bits per heavy atom. The van der Waals surface area contributed by atoms with Crippen molar-refractivity contribution >= 4 is 19.1 Å². The SMILES string of the molecule is CCC1CC2CC3[C@H]4OB([C@@H]5CCCN5C(=O)[C@@H](NC(=O)OC(C)(C)C)C56CC7CC(CC(C7)C5)C6)OCC4C123. The fourth-order valence-corrected chi connectivity index (χ4v) is 12.4. The van der Waals surface area contributed by atoms with Crippen molar-refractivity contribution < 1.29 is 23.6 Å². The normalized spacial score (nSPS) is 48.6. The highest BCUT2D eigenvalue weighted by Gasteiger charge is 2.80. The molecule has 0 aromatic carbocycles. The third-order valence-corrected chi connectivity index (χ3v) is 13.3. The number of alkyl carbamates (subject to hydrolysis) is 1. The number of hydrogen-bond donors (Lipinski definition) is 1. The number of ether oxygens (including phenoxy) is 1. The quantitative estimate of drug-likeness (QED) is 0.474. The van der Waals surface area contributed by atoms with E-state index >= 15 is 0 Å². The molecular formula is C32H49BN2O5. The summed E-state index contributed by atoms with van der Waals surface area (Å²) in [5, 5.41) is 3.17. The summed E-state index contributed by atoms with van der Waals surface area (Å²) in [6.45, 7) is 9.50. The molecular weight excluding hydrogens is 503 g/mol. The predicted molar refractivity (Wildman–Crippen MR) is 151 cm³/mol. The van der Waals surface area contributed by atoms with Crippen molar-refractivity contribution in [2.75, 3.05) is 13.2 Å². The van der Waals surface area contributed by atoms with Crippen LogP contribution in [0.15, 0.2) is 0 Å². The van der Waals surface area contributed by atoms with E-state index in [-0.39, 0.29) is 24.4 Å². The largest absolute Gasteiger partial charge is 0.481 e. The number of likely N-dealkylation sites (tertiary alicyclic amines) is 1. The van der Waals surface area contributed by atoms with Gasteiger partial charge in [0, 0.05) is 24.5 Å². The lowest BCUT2D eigenvalue weighted by atomic mass is 9.24. The van der Waals surface area contributed by atoms with Crippen LogP contribution in [0.3, 0.4) is 0 Å². The first-order valence-electron chi connectivity index (χ1n) is 16.7. The lowest BCUT2D eigenvalue weighted by Gasteiger charge is -2.82. The molecule has 2 heterocycles. The maximum atomic E-state index is 14.6. The highest BCUT2D eigenvalue weighted by molar-refractivity contribution is 6.47. The van der Waals surface area contributed by atoms with Gasteiger partial charge in [-0.2, -0.15) is 0 Å². The molecule has 4 bridgehead atoms. The molecule has 9 aliphatic rings. The Hall–Kier alpha value is -1.28. The number of amides is 2.